The van der Waals surface area contributed by atoms with Crippen LogP contribution < -0.4 is 5.32 Å². The molecule has 0 aliphatic rings. The Morgan fingerprint density at radius 3 is 2.76 bits per heavy atom. The highest BCUT2D eigenvalue weighted by molar-refractivity contribution is 5.31. The Kier molecular flexibility index (Phi) is 3.79. The lowest BCUT2D eigenvalue weighted by molar-refractivity contribution is 0.548. The summed E-state index contributed by atoms with van der Waals surface area (Å²) in [6.07, 6.45) is 5.64. The predicted molar refractivity (Wildman–Crippen MR) is 79.8 cm³/mol. The minimum Gasteiger partial charge on any atom is -0.320 e. The Morgan fingerprint density at radius 2 is 2.05 bits per heavy atom. The summed E-state index contributed by atoms with van der Waals surface area (Å²) in [5.74, 6) is 0.914. The van der Waals surface area contributed by atoms with Gasteiger partial charge in [-0.2, -0.15) is 5.10 Å². The highest BCUT2D eigenvalue weighted by Crippen LogP contribution is 2.14. The molecule has 0 saturated carbocycles. The third kappa shape index (κ3) is 3.00. The van der Waals surface area contributed by atoms with Crippen molar-refractivity contribution in [1.82, 2.24) is 29.9 Å². The lowest BCUT2D eigenvalue weighted by Crippen LogP contribution is -2.19. The van der Waals surface area contributed by atoms with Gasteiger partial charge in [-0.25, -0.2) is 4.68 Å². The fraction of sp³-hybridized carbons (Fsp3) is 0.267. The highest BCUT2D eigenvalue weighted by Gasteiger charge is 2.10. The van der Waals surface area contributed by atoms with Crippen molar-refractivity contribution in [2.75, 3.05) is 0 Å². The molecule has 2 aromatic heterocycles. The Morgan fingerprint density at radius 1 is 1.24 bits per heavy atom. The van der Waals surface area contributed by atoms with Gasteiger partial charge in [-0.15, -0.1) is 10.2 Å². The van der Waals surface area contributed by atoms with Crippen molar-refractivity contribution >= 4 is 0 Å². The zero-order valence-electron chi connectivity index (χ0n) is 12.1. The van der Waals surface area contributed by atoms with E-state index in [0.29, 0.717) is 6.54 Å². The number of hydrogen-bond acceptors (Lipinski definition) is 4. The monoisotopic (exact) mass is 282 g/mol. The van der Waals surface area contributed by atoms with Gasteiger partial charge in [0.05, 0.1) is 18.4 Å². The first-order valence-corrected chi connectivity index (χ1v) is 6.90. The van der Waals surface area contributed by atoms with Crippen LogP contribution in [0.2, 0.25) is 0 Å². The average molecular weight is 282 g/mol. The fourth-order valence-electron chi connectivity index (χ4n) is 2.11. The molecule has 0 fully saturated rings. The van der Waals surface area contributed by atoms with Crippen molar-refractivity contribution in [3.63, 3.8) is 0 Å². The second-order valence-electron chi connectivity index (χ2n) is 5.01. The molecule has 2 heterocycles. The van der Waals surface area contributed by atoms with E-state index in [1.165, 1.54) is 0 Å². The molecule has 0 aliphatic heterocycles. The average Bonchev–Trinajstić information content (AvgIpc) is 3.15. The number of aryl methyl sites for hydroxylation is 1. The first kappa shape index (κ1) is 13.5. The molecule has 0 saturated heterocycles. The molecule has 0 bridgehead atoms. The van der Waals surface area contributed by atoms with Crippen LogP contribution in [0.5, 0.6) is 0 Å². The van der Waals surface area contributed by atoms with Gasteiger partial charge < -0.3 is 9.88 Å². The van der Waals surface area contributed by atoms with Crippen molar-refractivity contribution in [3.05, 3.63) is 60.4 Å². The molecule has 1 aromatic carbocycles. The van der Waals surface area contributed by atoms with Crippen LogP contribution in [0.3, 0.4) is 0 Å². The van der Waals surface area contributed by atoms with E-state index in [0.717, 1.165) is 17.1 Å². The maximum absolute atomic E-state index is 4.41. The zero-order valence-corrected chi connectivity index (χ0v) is 12.1. The predicted octanol–water partition coefficient (Wildman–Crippen LogP) is 1.85. The summed E-state index contributed by atoms with van der Waals surface area (Å²) < 4.78 is 3.79. The van der Waals surface area contributed by atoms with Gasteiger partial charge in [0.1, 0.15) is 12.2 Å². The molecule has 6 heteroatoms. The molecule has 21 heavy (non-hydrogen) atoms. The summed E-state index contributed by atoms with van der Waals surface area (Å²) in [6, 6.07) is 10.3. The molecule has 0 amide bonds. The summed E-state index contributed by atoms with van der Waals surface area (Å²) in [4.78, 5) is 0. The number of benzene rings is 1. The van der Waals surface area contributed by atoms with E-state index in [9.17, 15) is 0 Å². The number of aromatic nitrogens is 5. The summed E-state index contributed by atoms with van der Waals surface area (Å²) >= 11 is 0. The van der Waals surface area contributed by atoms with Crippen LogP contribution in [-0.4, -0.2) is 24.5 Å². The number of hydrogen-bond donors (Lipinski definition) is 1. The van der Waals surface area contributed by atoms with Gasteiger partial charge >= 0.3 is 0 Å². The van der Waals surface area contributed by atoms with E-state index in [2.05, 4.69) is 27.5 Å². The van der Waals surface area contributed by atoms with Gasteiger partial charge in [0.15, 0.2) is 0 Å². The molecule has 1 atom stereocenters. The van der Waals surface area contributed by atoms with Gasteiger partial charge in [-0.05, 0) is 19.1 Å². The van der Waals surface area contributed by atoms with Crippen LogP contribution in [-0.2, 0) is 13.6 Å². The minimum atomic E-state index is 0.194. The molecule has 1 unspecified atom stereocenters. The van der Waals surface area contributed by atoms with Crippen LogP contribution in [0.15, 0.2) is 49.1 Å². The SMILES string of the molecule is CC(NCc1nncn1C)c1cnn(-c2ccccc2)c1. The Balaban J connectivity index is 1.67. The molecule has 3 aromatic rings. The van der Waals surface area contributed by atoms with Gasteiger partial charge in [0.25, 0.3) is 0 Å². The maximum Gasteiger partial charge on any atom is 0.146 e. The first-order chi connectivity index (χ1) is 10.2. The van der Waals surface area contributed by atoms with E-state index < -0.39 is 0 Å². The fourth-order valence-corrected chi connectivity index (χ4v) is 2.11. The van der Waals surface area contributed by atoms with Gasteiger partial charge in [0.2, 0.25) is 0 Å². The first-order valence-electron chi connectivity index (χ1n) is 6.90. The van der Waals surface area contributed by atoms with Gasteiger partial charge in [-0.3, -0.25) is 0 Å². The molecule has 0 aliphatic carbocycles. The summed E-state index contributed by atoms with van der Waals surface area (Å²) in [6.45, 7) is 2.79. The molecule has 0 spiro atoms. The van der Waals surface area contributed by atoms with Crippen molar-refractivity contribution < 1.29 is 0 Å². The standard InChI is InChI=1S/C15H18N6/c1-12(16-9-15-19-17-11-20(15)2)13-8-18-21(10-13)14-6-4-3-5-7-14/h3-8,10-12,16H,9H2,1-2H3. The third-order valence-electron chi connectivity index (χ3n) is 3.49. The highest BCUT2D eigenvalue weighted by atomic mass is 15.3. The molecular weight excluding hydrogens is 264 g/mol. The largest absolute Gasteiger partial charge is 0.320 e. The number of para-hydroxylation sites is 1. The molecule has 0 radical (unpaired) electrons. The van der Waals surface area contributed by atoms with Crippen LogP contribution in [0, 0.1) is 0 Å². The minimum absolute atomic E-state index is 0.194. The van der Waals surface area contributed by atoms with E-state index >= 15 is 0 Å². The topological polar surface area (TPSA) is 60.6 Å². The number of rotatable bonds is 5. The van der Waals surface area contributed by atoms with Crippen molar-refractivity contribution in [1.29, 1.82) is 0 Å². The van der Waals surface area contributed by atoms with Gasteiger partial charge in [0, 0.05) is 24.8 Å². The van der Waals surface area contributed by atoms with Crippen LogP contribution >= 0.6 is 0 Å². The lowest BCUT2D eigenvalue weighted by atomic mass is 10.2. The Bertz CT molecular complexity index is 700. The number of nitrogens with zero attached hydrogens (tertiary/aromatic N) is 5. The normalized spacial score (nSPS) is 12.5. The van der Waals surface area contributed by atoms with Gasteiger partial charge in [-0.1, -0.05) is 18.2 Å². The van der Waals surface area contributed by atoms with E-state index in [4.69, 9.17) is 0 Å². The lowest BCUT2D eigenvalue weighted by Gasteiger charge is -2.11. The van der Waals surface area contributed by atoms with E-state index in [1.807, 2.05) is 59.0 Å². The second kappa shape index (κ2) is 5.88. The molecular formula is C15H18N6. The Labute approximate surface area is 123 Å². The van der Waals surface area contributed by atoms with Crippen LogP contribution in [0.4, 0.5) is 0 Å². The van der Waals surface area contributed by atoms with Crippen molar-refractivity contribution in [2.45, 2.75) is 19.5 Å². The zero-order chi connectivity index (χ0) is 14.7. The summed E-state index contributed by atoms with van der Waals surface area (Å²) in [5.41, 5.74) is 2.20. The van der Waals surface area contributed by atoms with E-state index in [1.54, 1.807) is 6.33 Å². The molecule has 1 N–H and O–H groups in total. The van der Waals surface area contributed by atoms with Crippen molar-refractivity contribution in [2.24, 2.45) is 7.05 Å². The van der Waals surface area contributed by atoms with E-state index in [-0.39, 0.29) is 6.04 Å². The summed E-state index contributed by atoms with van der Waals surface area (Å²) in [7, 11) is 1.94. The number of nitrogens with one attached hydrogen (secondary N) is 1. The smallest absolute Gasteiger partial charge is 0.146 e. The summed E-state index contributed by atoms with van der Waals surface area (Å²) in [5, 5.41) is 15.8. The van der Waals surface area contributed by atoms with Crippen molar-refractivity contribution in [3.8, 4) is 5.69 Å². The molecule has 108 valence electrons. The molecule has 6 nitrogen and oxygen atoms in total. The quantitative estimate of drug-likeness (QED) is 0.776. The Hall–Kier alpha value is -2.47. The molecule has 3 rings (SSSR count). The third-order valence-corrected chi connectivity index (χ3v) is 3.49. The maximum atomic E-state index is 4.41. The van der Waals surface area contributed by atoms with Crippen LogP contribution in [0.25, 0.3) is 5.69 Å². The second-order valence-corrected chi connectivity index (χ2v) is 5.01. The van der Waals surface area contributed by atoms with Crippen LogP contribution in [0.1, 0.15) is 24.4 Å².